The average molecular weight is 316 g/mol. The Morgan fingerprint density at radius 3 is 2.91 bits per heavy atom. The number of rotatable bonds is 6. The van der Waals surface area contributed by atoms with E-state index in [-0.39, 0.29) is 0 Å². The highest BCUT2D eigenvalue weighted by Crippen LogP contribution is 2.38. The van der Waals surface area contributed by atoms with Crippen LogP contribution in [0, 0.1) is 0 Å². The van der Waals surface area contributed by atoms with Crippen molar-refractivity contribution in [3.63, 3.8) is 0 Å². The van der Waals surface area contributed by atoms with Crippen LogP contribution in [0.25, 0.3) is 10.2 Å². The monoisotopic (exact) mass is 316 g/mol. The molecule has 0 aromatic carbocycles. The van der Waals surface area contributed by atoms with Crippen molar-refractivity contribution in [1.29, 1.82) is 0 Å². The minimum Gasteiger partial charge on any atom is -0.369 e. The molecule has 5 heteroatoms. The number of nitrogens with zero attached hydrogens (tertiary/aromatic N) is 3. The van der Waals surface area contributed by atoms with Gasteiger partial charge in [0.1, 0.15) is 17.0 Å². The summed E-state index contributed by atoms with van der Waals surface area (Å²) < 4.78 is 0. The van der Waals surface area contributed by atoms with Crippen LogP contribution >= 0.6 is 11.3 Å². The Morgan fingerprint density at radius 2 is 2.00 bits per heavy atom. The van der Waals surface area contributed by atoms with Crippen LogP contribution in [0.5, 0.6) is 0 Å². The molecule has 0 amide bonds. The zero-order valence-corrected chi connectivity index (χ0v) is 13.9. The summed E-state index contributed by atoms with van der Waals surface area (Å²) in [4.78, 5) is 14.3. The summed E-state index contributed by atoms with van der Waals surface area (Å²) >= 11 is 1.86. The van der Waals surface area contributed by atoms with Crippen molar-refractivity contribution in [3.05, 3.63) is 16.8 Å². The quantitative estimate of drug-likeness (QED) is 0.829. The van der Waals surface area contributed by atoms with Crippen LogP contribution in [0.1, 0.15) is 42.5 Å². The van der Waals surface area contributed by atoms with Gasteiger partial charge in [0.05, 0.1) is 5.39 Å². The SMILES string of the molecule is c1nc(NCCCCN2CCCC2)c2c3c(sc2n1)CCC3. The second-order valence-electron chi connectivity index (χ2n) is 6.44. The molecule has 22 heavy (non-hydrogen) atoms. The molecule has 2 aliphatic rings. The number of aromatic nitrogens is 2. The molecule has 2 aromatic heterocycles. The molecule has 4 rings (SSSR count). The standard InChI is InChI=1S/C17H24N4S/c1(2-9-21-10-3-4-11-21)8-18-16-15-13-6-5-7-14(13)22-17(15)20-12-19-16/h12H,1-11H2,(H,18,19,20). The third kappa shape index (κ3) is 2.84. The van der Waals surface area contributed by atoms with E-state index in [0.29, 0.717) is 0 Å². The molecular weight excluding hydrogens is 292 g/mol. The molecule has 118 valence electrons. The van der Waals surface area contributed by atoms with Gasteiger partial charge in [-0.3, -0.25) is 0 Å². The predicted molar refractivity (Wildman–Crippen MR) is 92.8 cm³/mol. The van der Waals surface area contributed by atoms with Crippen molar-refractivity contribution >= 4 is 27.4 Å². The molecule has 0 atom stereocenters. The molecule has 0 saturated carbocycles. The van der Waals surface area contributed by atoms with Gasteiger partial charge in [-0.05, 0) is 70.1 Å². The normalized spacial score (nSPS) is 18.2. The largest absolute Gasteiger partial charge is 0.369 e. The lowest BCUT2D eigenvalue weighted by molar-refractivity contribution is 0.331. The number of thiophene rings is 1. The Balaban J connectivity index is 1.35. The van der Waals surface area contributed by atoms with Crippen LogP contribution in [0.3, 0.4) is 0 Å². The van der Waals surface area contributed by atoms with Gasteiger partial charge < -0.3 is 10.2 Å². The summed E-state index contributed by atoms with van der Waals surface area (Å²) in [5.74, 6) is 1.06. The number of fused-ring (bicyclic) bond motifs is 3. The first kappa shape index (κ1) is 14.4. The van der Waals surface area contributed by atoms with Gasteiger partial charge in [0.2, 0.25) is 0 Å². The number of nitrogens with one attached hydrogen (secondary N) is 1. The molecule has 2 aromatic rings. The number of likely N-dealkylation sites (tertiary alicyclic amines) is 1. The van der Waals surface area contributed by atoms with E-state index in [1.807, 2.05) is 11.3 Å². The molecule has 4 nitrogen and oxygen atoms in total. The lowest BCUT2D eigenvalue weighted by Gasteiger charge is -2.14. The third-order valence-corrected chi connectivity index (χ3v) is 6.09. The number of aryl methyl sites for hydroxylation is 2. The summed E-state index contributed by atoms with van der Waals surface area (Å²) in [5, 5.41) is 4.87. The first-order valence-electron chi connectivity index (χ1n) is 8.63. The maximum Gasteiger partial charge on any atom is 0.138 e. The van der Waals surface area contributed by atoms with Crippen molar-refractivity contribution in [1.82, 2.24) is 14.9 Å². The van der Waals surface area contributed by atoms with Crippen LogP contribution in [-0.2, 0) is 12.8 Å². The van der Waals surface area contributed by atoms with Crippen molar-refractivity contribution in [3.8, 4) is 0 Å². The Labute approximate surface area is 136 Å². The van der Waals surface area contributed by atoms with Crippen LogP contribution in [0.4, 0.5) is 5.82 Å². The van der Waals surface area contributed by atoms with E-state index in [4.69, 9.17) is 0 Å². The molecule has 1 saturated heterocycles. The highest BCUT2D eigenvalue weighted by atomic mass is 32.1. The van der Waals surface area contributed by atoms with Crippen molar-refractivity contribution in [2.75, 3.05) is 31.5 Å². The number of hydrogen-bond acceptors (Lipinski definition) is 5. The van der Waals surface area contributed by atoms with Crippen molar-refractivity contribution in [2.45, 2.75) is 44.9 Å². The lowest BCUT2D eigenvalue weighted by atomic mass is 10.2. The molecule has 0 unspecified atom stereocenters. The van der Waals surface area contributed by atoms with Crippen LogP contribution in [0.2, 0.25) is 0 Å². The molecule has 3 heterocycles. The summed E-state index contributed by atoms with van der Waals surface area (Å²) in [6.45, 7) is 4.89. The van der Waals surface area contributed by atoms with E-state index in [1.165, 1.54) is 85.2 Å². The highest BCUT2D eigenvalue weighted by molar-refractivity contribution is 7.19. The Kier molecular flexibility index (Phi) is 4.26. The minimum atomic E-state index is 1.02. The molecule has 0 spiro atoms. The smallest absolute Gasteiger partial charge is 0.138 e. The fourth-order valence-corrected chi connectivity index (χ4v) is 4.96. The summed E-state index contributed by atoms with van der Waals surface area (Å²) in [7, 11) is 0. The topological polar surface area (TPSA) is 41.1 Å². The molecular formula is C17H24N4S. The second kappa shape index (κ2) is 6.50. The molecule has 1 aliphatic heterocycles. The minimum absolute atomic E-state index is 1.02. The van der Waals surface area contributed by atoms with Crippen LogP contribution < -0.4 is 5.32 Å². The number of hydrogen-bond donors (Lipinski definition) is 1. The average Bonchev–Trinajstić information content (AvgIpc) is 3.23. The van der Waals surface area contributed by atoms with Gasteiger partial charge in [0.25, 0.3) is 0 Å². The van der Waals surface area contributed by atoms with Crippen LogP contribution in [0.15, 0.2) is 6.33 Å². The van der Waals surface area contributed by atoms with Gasteiger partial charge in [-0.25, -0.2) is 9.97 Å². The zero-order chi connectivity index (χ0) is 14.8. The number of anilines is 1. The first-order valence-corrected chi connectivity index (χ1v) is 9.45. The van der Waals surface area contributed by atoms with E-state index >= 15 is 0 Å². The van der Waals surface area contributed by atoms with Gasteiger partial charge in [0, 0.05) is 11.4 Å². The zero-order valence-electron chi connectivity index (χ0n) is 13.1. The van der Waals surface area contributed by atoms with Gasteiger partial charge in [-0.15, -0.1) is 11.3 Å². The third-order valence-electron chi connectivity index (χ3n) is 4.89. The van der Waals surface area contributed by atoms with E-state index in [1.54, 1.807) is 6.33 Å². The molecule has 0 bridgehead atoms. The van der Waals surface area contributed by atoms with E-state index in [0.717, 1.165) is 12.4 Å². The van der Waals surface area contributed by atoms with Gasteiger partial charge in [-0.2, -0.15) is 0 Å². The first-order chi connectivity index (χ1) is 10.9. The van der Waals surface area contributed by atoms with Crippen molar-refractivity contribution in [2.24, 2.45) is 0 Å². The van der Waals surface area contributed by atoms with E-state index in [2.05, 4.69) is 20.2 Å². The van der Waals surface area contributed by atoms with E-state index in [9.17, 15) is 0 Å². The second-order valence-corrected chi connectivity index (χ2v) is 7.53. The Morgan fingerprint density at radius 1 is 1.09 bits per heavy atom. The molecule has 0 radical (unpaired) electrons. The fourth-order valence-electron chi connectivity index (χ4n) is 3.74. The van der Waals surface area contributed by atoms with Gasteiger partial charge >= 0.3 is 0 Å². The highest BCUT2D eigenvalue weighted by Gasteiger charge is 2.20. The maximum atomic E-state index is 4.51. The van der Waals surface area contributed by atoms with Gasteiger partial charge in [0.15, 0.2) is 0 Å². The Hall–Kier alpha value is -1.20. The number of unbranched alkanes of at least 4 members (excludes halogenated alkanes) is 1. The molecule has 1 aliphatic carbocycles. The lowest BCUT2D eigenvalue weighted by Crippen LogP contribution is -2.20. The maximum absolute atomic E-state index is 4.51. The summed E-state index contributed by atoms with van der Waals surface area (Å²) in [6.07, 6.45) is 10.7. The van der Waals surface area contributed by atoms with Crippen molar-refractivity contribution < 1.29 is 0 Å². The predicted octanol–water partition coefficient (Wildman–Crippen LogP) is 3.47. The summed E-state index contributed by atoms with van der Waals surface area (Å²) in [5.41, 5.74) is 1.51. The Bertz CT molecular complexity index is 645. The van der Waals surface area contributed by atoms with Crippen LogP contribution in [-0.4, -0.2) is 41.0 Å². The van der Waals surface area contributed by atoms with Gasteiger partial charge in [-0.1, -0.05) is 0 Å². The fraction of sp³-hybridized carbons (Fsp3) is 0.647. The molecule has 1 N–H and O–H groups in total. The van der Waals surface area contributed by atoms with E-state index < -0.39 is 0 Å². The molecule has 1 fully saturated rings. The summed E-state index contributed by atoms with van der Waals surface area (Å²) in [6, 6.07) is 0.